The molecule has 0 aromatic heterocycles. The molecule has 168 valence electrons. The van der Waals surface area contributed by atoms with Crippen molar-refractivity contribution in [3.8, 4) is 34.8 Å². The number of hydrogen-bond acceptors (Lipinski definition) is 6. The molecule has 0 heterocycles. The lowest BCUT2D eigenvalue weighted by Crippen LogP contribution is -2.14. The summed E-state index contributed by atoms with van der Waals surface area (Å²) in [4.78, 5) is 24.8. The molecule has 4 aromatic rings. The molecule has 0 atom stereocenters. The molecule has 4 rings (SSSR count). The summed E-state index contributed by atoms with van der Waals surface area (Å²) in [6, 6.07) is 31.6. The van der Waals surface area contributed by atoms with Gasteiger partial charge in [0, 0.05) is 5.56 Å². The van der Waals surface area contributed by atoms with E-state index in [2.05, 4.69) is 0 Å². The van der Waals surface area contributed by atoms with Crippen LogP contribution >= 0.6 is 0 Å². The highest BCUT2D eigenvalue weighted by Gasteiger charge is 2.13. The molecule has 0 spiro atoms. The van der Waals surface area contributed by atoms with E-state index in [-0.39, 0.29) is 29.1 Å². The second-order valence-corrected chi connectivity index (χ2v) is 7.50. The average molecular weight is 458 g/mol. The van der Waals surface area contributed by atoms with Crippen LogP contribution in [0.2, 0.25) is 0 Å². The fraction of sp³-hybridized carbons (Fsp3) is 0.0345. The van der Waals surface area contributed by atoms with Crippen molar-refractivity contribution < 1.29 is 19.1 Å². The number of carbonyl (C=O) groups is 2. The Bertz CT molecular complexity index is 1450. The first-order valence-corrected chi connectivity index (χ1v) is 10.7. The molecule has 6 nitrogen and oxygen atoms in total. The standard InChI is InChI=1S/C29H18N2O4/c30-17-24-12-15-27(16-25(24)18-31)35-26-13-10-23(11-14-26)29(33)34-19-28(32)22-8-6-21(7-9-22)20-4-2-1-3-5-20/h1-16H,19H2. The van der Waals surface area contributed by atoms with Gasteiger partial charge in [0.15, 0.2) is 12.4 Å². The predicted octanol–water partition coefficient (Wildman–Crippen LogP) is 5.93. The number of Topliss-reactive ketones (excluding diaryl/α,β-unsaturated/α-hetero) is 1. The van der Waals surface area contributed by atoms with Crippen LogP contribution in [-0.4, -0.2) is 18.4 Å². The fourth-order valence-electron chi connectivity index (χ4n) is 3.35. The lowest BCUT2D eigenvalue weighted by molar-refractivity contribution is 0.0474. The summed E-state index contributed by atoms with van der Waals surface area (Å²) in [5.74, 6) is -0.104. The number of benzene rings is 4. The third-order valence-electron chi connectivity index (χ3n) is 5.21. The molecular weight excluding hydrogens is 440 g/mol. The maximum absolute atomic E-state index is 12.4. The van der Waals surface area contributed by atoms with Crippen molar-refractivity contribution in [2.75, 3.05) is 6.61 Å². The summed E-state index contributed by atoms with van der Waals surface area (Å²) in [5.41, 5.74) is 3.24. The van der Waals surface area contributed by atoms with Crippen molar-refractivity contribution >= 4 is 11.8 Å². The van der Waals surface area contributed by atoms with Gasteiger partial charge in [-0.1, -0.05) is 54.6 Å². The second kappa shape index (κ2) is 10.6. The molecule has 0 unspecified atom stereocenters. The Kier molecular flexibility index (Phi) is 6.97. The van der Waals surface area contributed by atoms with Crippen LogP contribution in [0.3, 0.4) is 0 Å². The summed E-state index contributed by atoms with van der Waals surface area (Å²) in [6.07, 6.45) is 0. The van der Waals surface area contributed by atoms with Crippen LogP contribution in [0.25, 0.3) is 11.1 Å². The molecular formula is C29H18N2O4. The fourth-order valence-corrected chi connectivity index (χ4v) is 3.35. The summed E-state index contributed by atoms with van der Waals surface area (Å²) >= 11 is 0. The molecule has 0 amide bonds. The van der Waals surface area contributed by atoms with Crippen LogP contribution < -0.4 is 4.74 Å². The van der Waals surface area contributed by atoms with Gasteiger partial charge in [-0.05, 0) is 53.6 Å². The highest BCUT2D eigenvalue weighted by atomic mass is 16.5. The van der Waals surface area contributed by atoms with Crippen molar-refractivity contribution in [3.63, 3.8) is 0 Å². The Morgan fingerprint density at radius 3 is 1.91 bits per heavy atom. The number of esters is 1. The number of ketones is 1. The molecule has 0 N–H and O–H groups in total. The number of nitriles is 2. The second-order valence-electron chi connectivity index (χ2n) is 7.50. The van der Waals surface area contributed by atoms with E-state index >= 15 is 0 Å². The summed E-state index contributed by atoms with van der Waals surface area (Å²) in [7, 11) is 0. The molecule has 35 heavy (non-hydrogen) atoms. The third kappa shape index (κ3) is 5.60. The molecule has 0 aliphatic rings. The van der Waals surface area contributed by atoms with Crippen molar-refractivity contribution in [3.05, 3.63) is 119 Å². The lowest BCUT2D eigenvalue weighted by atomic mass is 10.0. The smallest absolute Gasteiger partial charge is 0.338 e. The molecule has 0 aliphatic carbocycles. The van der Waals surface area contributed by atoms with Gasteiger partial charge in [0.25, 0.3) is 0 Å². The van der Waals surface area contributed by atoms with E-state index in [9.17, 15) is 9.59 Å². The van der Waals surface area contributed by atoms with E-state index in [0.717, 1.165) is 11.1 Å². The first-order chi connectivity index (χ1) is 17.1. The van der Waals surface area contributed by atoms with Crippen LogP contribution in [0.5, 0.6) is 11.5 Å². The van der Waals surface area contributed by atoms with Crippen molar-refractivity contribution in [1.29, 1.82) is 10.5 Å². The largest absolute Gasteiger partial charge is 0.457 e. The van der Waals surface area contributed by atoms with Gasteiger partial charge in [0.05, 0.1) is 16.7 Å². The zero-order valence-corrected chi connectivity index (χ0v) is 18.5. The maximum Gasteiger partial charge on any atom is 0.338 e. The van der Waals surface area contributed by atoms with Crippen molar-refractivity contribution in [1.82, 2.24) is 0 Å². The molecule has 0 fully saturated rings. The zero-order valence-electron chi connectivity index (χ0n) is 18.5. The van der Waals surface area contributed by atoms with E-state index in [1.807, 2.05) is 54.6 Å². The summed E-state index contributed by atoms with van der Waals surface area (Å²) in [5, 5.41) is 18.1. The highest BCUT2D eigenvalue weighted by Crippen LogP contribution is 2.24. The first-order valence-electron chi connectivity index (χ1n) is 10.7. The van der Waals surface area contributed by atoms with Crippen LogP contribution in [0.4, 0.5) is 0 Å². The minimum Gasteiger partial charge on any atom is -0.457 e. The number of hydrogen-bond donors (Lipinski definition) is 0. The maximum atomic E-state index is 12.4. The van der Waals surface area contributed by atoms with E-state index in [4.69, 9.17) is 20.0 Å². The van der Waals surface area contributed by atoms with Crippen LogP contribution in [0, 0.1) is 22.7 Å². The summed E-state index contributed by atoms with van der Waals surface area (Å²) in [6.45, 7) is -0.371. The minimum absolute atomic E-state index is 0.213. The van der Waals surface area contributed by atoms with Gasteiger partial charge in [0.2, 0.25) is 0 Å². The minimum atomic E-state index is -0.629. The Morgan fingerprint density at radius 1 is 0.657 bits per heavy atom. The number of rotatable bonds is 7. The molecule has 0 bridgehead atoms. The van der Waals surface area contributed by atoms with Gasteiger partial charge in [-0.3, -0.25) is 4.79 Å². The topological polar surface area (TPSA) is 100 Å². The molecule has 0 saturated heterocycles. The first kappa shape index (κ1) is 23.0. The number of ether oxygens (including phenoxy) is 2. The zero-order chi connectivity index (χ0) is 24.6. The van der Waals surface area contributed by atoms with E-state index in [1.54, 1.807) is 30.3 Å². The Hall–Kier alpha value is -5.20. The van der Waals surface area contributed by atoms with Gasteiger partial charge in [0.1, 0.15) is 23.6 Å². The van der Waals surface area contributed by atoms with Gasteiger partial charge < -0.3 is 9.47 Å². The predicted molar refractivity (Wildman–Crippen MR) is 129 cm³/mol. The highest BCUT2D eigenvalue weighted by molar-refractivity contribution is 5.99. The molecule has 4 aromatic carbocycles. The van der Waals surface area contributed by atoms with Gasteiger partial charge in [-0.15, -0.1) is 0 Å². The molecule has 0 saturated carbocycles. The molecule has 0 radical (unpaired) electrons. The van der Waals surface area contributed by atoms with E-state index in [1.165, 1.54) is 24.3 Å². The van der Waals surface area contributed by atoms with Gasteiger partial charge in [-0.2, -0.15) is 10.5 Å². The van der Waals surface area contributed by atoms with Crippen molar-refractivity contribution in [2.45, 2.75) is 0 Å². The monoisotopic (exact) mass is 458 g/mol. The molecule has 6 heteroatoms. The van der Waals surface area contributed by atoms with Crippen LogP contribution in [0.1, 0.15) is 31.8 Å². The van der Waals surface area contributed by atoms with Crippen molar-refractivity contribution in [2.24, 2.45) is 0 Å². The Labute approximate surface area is 202 Å². The van der Waals surface area contributed by atoms with Gasteiger partial charge >= 0.3 is 5.97 Å². The Morgan fingerprint density at radius 2 is 1.26 bits per heavy atom. The van der Waals surface area contributed by atoms with Gasteiger partial charge in [-0.25, -0.2) is 4.79 Å². The third-order valence-corrected chi connectivity index (χ3v) is 5.21. The van der Waals surface area contributed by atoms with E-state index < -0.39 is 5.97 Å². The number of carbonyl (C=O) groups excluding carboxylic acids is 2. The SMILES string of the molecule is N#Cc1ccc(Oc2ccc(C(=O)OCC(=O)c3ccc(-c4ccccc4)cc3)cc2)cc1C#N. The Balaban J connectivity index is 1.33. The summed E-state index contributed by atoms with van der Waals surface area (Å²) < 4.78 is 10.9. The average Bonchev–Trinajstić information content (AvgIpc) is 2.92. The lowest BCUT2D eigenvalue weighted by Gasteiger charge is -2.08. The van der Waals surface area contributed by atoms with Crippen LogP contribution in [-0.2, 0) is 4.74 Å². The van der Waals surface area contributed by atoms with E-state index in [0.29, 0.717) is 17.1 Å². The molecule has 0 aliphatic heterocycles. The normalized spacial score (nSPS) is 10.0. The number of nitrogens with zero attached hydrogens (tertiary/aromatic N) is 2. The van der Waals surface area contributed by atoms with Crippen LogP contribution in [0.15, 0.2) is 97.1 Å². The quantitative estimate of drug-likeness (QED) is 0.251.